The van der Waals surface area contributed by atoms with E-state index in [0.29, 0.717) is 18.5 Å². The lowest BCUT2D eigenvalue weighted by atomic mass is 10.1. The highest BCUT2D eigenvalue weighted by Crippen LogP contribution is 2.29. The molecular formula is C12H16F3NO. The van der Waals surface area contributed by atoms with Crippen molar-refractivity contribution in [2.75, 3.05) is 6.61 Å². The summed E-state index contributed by atoms with van der Waals surface area (Å²) in [7, 11) is 0. The maximum absolute atomic E-state index is 12.4. The van der Waals surface area contributed by atoms with Gasteiger partial charge in [-0.25, -0.2) is 0 Å². The van der Waals surface area contributed by atoms with Gasteiger partial charge < -0.3 is 10.4 Å². The fraction of sp³-hybridized carbons (Fsp3) is 0.500. The number of hydrogen-bond donors (Lipinski definition) is 2. The standard InChI is InChI=1S/C12H16F3NO/c1-9(5-6-17)16-8-10-3-2-4-11(7-10)12(13,14)15/h2-4,7,9,16-17H,5-6,8H2,1H3. The van der Waals surface area contributed by atoms with Gasteiger partial charge in [0.15, 0.2) is 0 Å². The second-order valence-electron chi connectivity index (χ2n) is 3.99. The van der Waals surface area contributed by atoms with Crippen LogP contribution in [0.5, 0.6) is 0 Å². The average Bonchev–Trinajstić information content (AvgIpc) is 2.26. The molecule has 17 heavy (non-hydrogen) atoms. The van der Waals surface area contributed by atoms with Crippen LogP contribution in [-0.4, -0.2) is 17.8 Å². The van der Waals surface area contributed by atoms with Gasteiger partial charge in [-0.3, -0.25) is 0 Å². The van der Waals surface area contributed by atoms with E-state index in [1.807, 2.05) is 6.92 Å². The Morgan fingerprint density at radius 2 is 2.06 bits per heavy atom. The van der Waals surface area contributed by atoms with E-state index in [9.17, 15) is 13.2 Å². The molecule has 0 bridgehead atoms. The number of aliphatic hydroxyl groups excluding tert-OH is 1. The first-order valence-electron chi connectivity index (χ1n) is 5.44. The average molecular weight is 247 g/mol. The lowest BCUT2D eigenvalue weighted by Gasteiger charge is -2.13. The van der Waals surface area contributed by atoms with Crippen LogP contribution in [-0.2, 0) is 12.7 Å². The van der Waals surface area contributed by atoms with E-state index < -0.39 is 11.7 Å². The van der Waals surface area contributed by atoms with E-state index in [-0.39, 0.29) is 12.6 Å². The van der Waals surface area contributed by atoms with E-state index in [2.05, 4.69) is 5.32 Å². The van der Waals surface area contributed by atoms with Crippen molar-refractivity contribution in [3.63, 3.8) is 0 Å². The minimum absolute atomic E-state index is 0.0662. The number of benzene rings is 1. The predicted octanol–water partition coefficient (Wildman–Crippen LogP) is 2.57. The molecule has 0 saturated carbocycles. The molecule has 0 aliphatic rings. The van der Waals surface area contributed by atoms with E-state index in [4.69, 9.17) is 5.11 Å². The molecule has 0 spiro atoms. The highest BCUT2D eigenvalue weighted by atomic mass is 19.4. The Kier molecular flexibility index (Phi) is 4.96. The molecule has 1 aromatic rings. The number of alkyl halides is 3. The van der Waals surface area contributed by atoms with Crippen LogP contribution >= 0.6 is 0 Å². The van der Waals surface area contributed by atoms with Crippen molar-refractivity contribution in [1.29, 1.82) is 0 Å². The summed E-state index contributed by atoms with van der Waals surface area (Å²) in [5, 5.41) is 11.7. The fourth-order valence-corrected chi connectivity index (χ4v) is 1.45. The molecule has 2 nitrogen and oxygen atoms in total. The quantitative estimate of drug-likeness (QED) is 0.838. The second-order valence-corrected chi connectivity index (χ2v) is 3.99. The van der Waals surface area contributed by atoms with Crippen LogP contribution in [0.2, 0.25) is 0 Å². The van der Waals surface area contributed by atoms with Gasteiger partial charge in [-0.15, -0.1) is 0 Å². The van der Waals surface area contributed by atoms with Gasteiger partial charge in [0.05, 0.1) is 5.56 Å². The lowest BCUT2D eigenvalue weighted by molar-refractivity contribution is -0.137. The Morgan fingerprint density at radius 3 is 2.65 bits per heavy atom. The third-order valence-electron chi connectivity index (χ3n) is 2.47. The van der Waals surface area contributed by atoms with E-state index in [1.54, 1.807) is 6.07 Å². The van der Waals surface area contributed by atoms with Gasteiger partial charge in [0.1, 0.15) is 0 Å². The third-order valence-corrected chi connectivity index (χ3v) is 2.47. The number of hydrogen-bond acceptors (Lipinski definition) is 2. The summed E-state index contributed by atoms with van der Waals surface area (Å²) < 4.78 is 37.3. The maximum Gasteiger partial charge on any atom is 0.416 e. The zero-order chi connectivity index (χ0) is 12.9. The summed E-state index contributed by atoms with van der Waals surface area (Å²) in [6.07, 6.45) is -3.72. The van der Waals surface area contributed by atoms with Gasteiger partial charge in [0, 0.05) is 19.2 Å². The normalized spacial score (nSPS) is 13.7. The molecule has 96 valence electrons. The summed E-state index contributed by atoms with van der Waals surface area (Å²) >= 11 is 0. The van der Waals surface area contributed by atoms with E-state index >= 15 is 0 Å². The molecule has 1 rings (SSSR count). The van der Waals surface area contributed by atoms with Crippen molar-refractivity contribution in [2.45, 2.75) is 32.1 Å². The van der Waals surface area contributed by atoms with Gasteiger partial charge in [-0.1, -0.05) is 18.2 Å². The molecule has 1 atom stereocenters. The number of aliphatic hydroxyl groups is 1. The second kappa shape index (κ2) is 6.02. The Labute approximate surface area is 98.5 Å². The topological polar surface area (TPSA) is 32.3 Å². The zero-order valence-electron chi connectivity index (χ0n) is 9.59. The van der Waals surface area contributed by atoms with E-state index in [1.165, 1.54) is 6.07 Å². The fourth-order valence-electron chi connectivity index (χ4n) is 1.45. The molecule has 0 radical (unpaired) electrons. The van der Waals surface area contributed by atoms with Gasteiger partial charge in [-0.05, 0) is 25.0 Å². The monoisotopic (exact) mass is 247 g/mol. The molecule has 0 amide bonds. The van der Waals surface area contributed by atoms with Gasteiger partial charge in [-0.2, -0.15) is 13.2 Å². The lowest BCUT2D eigenvalue weighted by Crippen LogP contribution is -2.26. The molecule has 0 heterocycles. The first kappa shape index (κ1) is 14.0. The van der Waals surface area contributed by atoms with E-state index in [0.717, 1.165) is 12.1 Å². The molecule has 1 unspecified atom stereocenters. The predicted molar refractivity (Wildman–Crippen MR) is 59.4 cm³/mol. The van der Waals surface area contributed by atoms with Crippen LogP contribution in [0.4, 0.5) is 13.2 Å². The smallest absolute Gasteiger partial charge is 0.396 e. The molecule has 0 saturated heterocycles. The van der Waals surface area contributed by atoms with Gasteiger partial charge in [0.25, 0.3) is 0 Å². The van der Waals surface area contributed by atoms with Crippen molar-refractivity contribution in [3.8, 4) is 0 Å². The van der Waals surface area contributed by atoms with Gasteiger partial charge in [0.2, 0.25) is 0 Å². The molecule has 0 aliphatic carbocycles. The minimum Gasteiger partial charge on any atom is -0.396 e. The van der Waals surface area contributed by atoms with Crippen molar-refractivity contribution < 1.29 is 18.3 Å². The maximum atomic E-state index is 12.4. The number of nitrogens with one attached hydrogen (secondary N) is 1. The highest BCUT2D eigenvalue weighted by molar-refractivity contribution is 5.25. The molecule has 1 aromatic carbocycles. The van der Waals surface area contributed by atoms with Crippen molar-refractivity contribution in [3.05, 3.63) is 35.4 Å². The van der Waals surface area contributed by atoms with Crippen LogP contribution in [0.25, 0.3) is 0 Å². The van der Waals surface area contributed by atoms with Gasteiger partial charge >= 0.3 is 6.18 Å². The number of rotatable bonds is 5. The molecular weight excluding hydrogens is 231 g/mol. The SMILES string of the molecule is CC(CCO)NCc1cccc(C(F)(F)F)c1. The van der Waals surface area contributed by atoms with Crippen LogP contribution in [0.15, 0.2) is 24.3 Å². The summed E-state index contributed by atoms with van der Waals surface area (Å²) in [6.45, 7) is 2.31. The third kappa shape index (κ3) is 4.75. The van der Waals surface area contributed by atoms with Crippen molar-refractivity contribution in [2.24, 2.45) is 0 Å². The molecule has 2 N–H and O–H groups in total. The molecule has 0 fully saturated rings. The molecule has 0 aliphatic heterocycles. The first-order chi connectivity index (χ1) is 7.93. The Hall–Kier alpha value is -1.07. The molecule has 5 heteroatoms. The summed E-state index contributed by atoms with van der Waals surface area (Å²) in [5.41, 5.74) is -0.0452. The molecule has 0 aromatic heterocycles. The number of halogens is 3. The summed E-state index contributed by atoms with van der Waals surface area (Å²) in [5.74, 6) is 0. The van der Waals surface area contributed by atoms with Crippen LogP contribution in [0, 0.1) is 0 Å². The van der Waals surface area contributed by atoms with Crippen molar-refractivity contribution in [1.82, 2.24) is 5.32 Å². The van der Waals surface area contributed by atoms with Crippen molar-refractivity contribution >= 4 is 0 Å². The largest absolute Gasteiger partial charge is 0.416 e. The zero-order valence-corrected chi connectivity index (χ0v) is 9.59. The summed E-state index contributed by atoms with van der Waals surface area (Å²) in [6, 6.07) is 5.32. The minimum atomic E-state index is -4.30. The van der Waals surface area contributed by atoms with Crippen LogP contribution in [0.1, 0.15) is 24.5 Å². The Morgan fingerprint density at radius 1 is 1.35 bits per heavy atom. The Balaban J connectivity index is 2.60. The Bertz CT molecular complexity index is 352. The van der Waals surface area contributed by atoms with Crippen LogP contribution in [0.3, 0.4) is 0 Å². The highest BCUT2D eigenvalue weighted by Gasteiger charge is 2.30. The van der Waals surface area contributed by atoms with Crippen LogP contribution < -0.4 is 5.32 Å². The summed E-state index contributed by atoms with van der Waals surface area (Å²) in [4.78, 5) is 0. The first-order valence-corrected chi connectivity index (χ1v) is 5.44.